The van der Waals surface area contributed by atoms with Crippen molar-refractivity contribution in [3.8, 4) is 0 Å². The van der Waals surface area contributed by atoms with Gasteiger partial charge in [0.2, 0.25) is 0 Å². The lowest BCUT2D eigenvalue weighted by Gasteiger charge is -2.49. The minimum absolute atomic E-state index is 0.0175. The molecule has 4 rings (SSSR count). The number of aromatic nitrogens is 5. The summed E-state index contributed by atoms with van der Waals surface area (Å²) >= 11 is 0. The Balaban J connectivity index is 1.61. The van der Waals surface area contributed by atoms with E-state index in [4.69, 9.17) is 5.73 Å². The zero-order chi connectivity index (χ0) is 20.1. The van der Waals surface area contributed by atoms with Gasteiger partial charge in [0.25, 0.3) is 5.82 Å². The number of primary amides is 1. The number of amides is 2. The summed E-state index contributed by atoms with van der Waals surface area (Å²) in [5, 5.41) is 10.4. The van der Waals surface area contributed by atoms with E-state index in [0.29, 0.717) is 0 Å². The molecule has 9 nitrogen and oxygen atoms in total. The summed E-state index contributed by atoms with van der Waals surface area (Å²) in [6, 6.07) is 3.83. The average Bonchev–Trinajstić information content (AvgIpc) is 3.20. The van der Waals surface area contributed by atoms with Gasteiger partial charge in [0.1, 0.15) is 11.4 Å². The van der Waals surface area contributed by atoms with Crippen LogP contribution in [-0.2, 0) is 11.7 Å². The van der Waals surface area contributed by atoms with Gasteiger partial charge in [0, 0.05) is 6.54 Å². The number of carbonyl (C=O) groups excluding carboxylic acids is 1. The van der Waals surface area contributed by atoms with Crippen LogP contribution in [0.2, 0.25) is 0 Å². The molecule has 0 radical (unpaired) electrons. The van der Waals surface area contributed by atoms with Crippen LogP contribution in [0.1, 0.15) is 5.82 Å². The first-order chi connectivity index (χ1) is 13.2. The van der Waals surface area contributed by atoms with Crippen molar-refractivity contribution in [3.05, 3.63) is 42.2 Å². The van der Waals surface area contributed by atoms with Crippen molar-refractivity contribution >= 4 is 17.5 Å². The van der Waals surface area contributed by atoms with E-state index in [2.05, 4.69) is 20.5 Å². The van der Waals surface area contributed by atoms with Crippen molar-refractivity contribution in [1.82, 2.24) is 29.3 Å². The van der Waals surface area contributed by atoms with Crippen molar-refractivity contribution < 1.29 is 22.4 Å². The fourth-order valence-corrected chi connectivity index (χ4v) is 3.13. The fourth-order valence-electron chi connectivity index (χ4n) is 3.13. The number of hydrogen-bond acceptors (Lipinski definition) is 5. The third-order valence-corrected chi connectivity index (χ3v) is 4.53. The third kappa shape index (κ3) is 2.97. The number of likely N-dealkylation sites (tertiary alicyclic amines) is 1. The van der Waals surface area contributed by atoms with Crippen molar-refractivity contribution in [3.63, 3.8) is 0 Å². The summed E-state index contributed by atoms with van der Waals surface area (Å²) in [7, 11) is 0. The quantitative estimate of drug-likeness (QED) is 0.644. The highest BCUT2D eigenvalue weighted by molar-refractivity contribution is 5.73. The van der Waals surface area contributed by atoms with Crippen molar-refractivity contribution in [1.29, 1.82) is 0 Å². The predicted molar refractivity (Wildman–Crippen MR) is 87.8 cm³/mol. The van der Waals surface area contributed by atoms with E-state index in [-0.39, 0.29) is 31.1 Å². The van der Waals surface area contributed by atoms with Gasteiger partial charge in [-0.2, -0.15) is 22.8 Å². The number of fused-ring (bicyclic) bond motifs is 1. The van der Waals surface area contributed by atoms with Crippen molar-refractivity contribution in [2.75, 3.05) is 25.0 Å². The Hall–Kier alpha value is -3.38. The Morgan fingerprint density at radius 3 is 2.68 bits per heavy atom. The number of hydrogen-bond donors (Lipinski definition) is 2. The smallest absolute Gasteiger partial charge is 0.367 e. The molecule has 13 heteroatoms. The number of carbonyl (C=O) groups is 1. The summed E-state index contributed by atoms with van der Waals surface area (Å²) < 4.78 is 54.5. The van der Waals surface area contributed by atoms with Gasteiger partial charge in [-0.25, -0.2) is 14.2 Å². The molecule has 4 heterocycles. The second-order valence-corrected chi connectivity index (χ2v) is 6.49. The number of rotatable bonds is 4. The van der Waals surface area contributed by atoms with Crippen LogP contribution in [0.3, 0.4) is 0 Å². The third-order valence-electron chi connectivity index (χ3n) is 4.53. The number of nitrogens with two attached hydrogens (primary N) is 1. The van der Waals surface area contributed by atoms with Gasteiger partial charge in [-0.1, -0.05) is 6.07 Å². The molecule has 1 aliphatic heterocycles. The fraction of sp³-hybridized carbons (Fsp3) is 0.333. The van der Waals surface area contributed by atoms with Crippen LogP contribution in [0.5, 0.6) is 0 Å². The maximum atomic E-state index is 13.4. The van der Waals surface area contributed by atoms with Gasteiger partial charge in [0.15, 0.2) is 11.5 Å². The van der Waals surface area contributed by atoms with Crippen LogP contribution in [0, 0.1) is 5.82 Å². The standard InChI is InChI=1S/C15H14F4N8O/c16-9-4-22-26(5-9)14(7-25(8-14)13(20)28)6-21-10-2-1-3-11-23-12(15(17,18)19)24-27(10)11/h1-5,21H,6-8H2,(H2,20,28). The zero-order valence-corrected chi connectivity index (χ0v) is 14.2. The molecule has 1 fully saturated rings. The van der Waals surface area contributed by atoms with Crippen LogP contribution in [0.25, 0.3) is 5.65 Å². The molecule has 3 aromatic heterocycles. The predicted octanol–water partition coefficient (Wildman–Crippen LogP) is 1.29. The van der Waals surface area contributed by atoms with Gasteiger partial charge < -0.3 is 16.0 Å². The highest BCUT2D eigenvalue weighted by Gasteiger charge is 2.47. The van der Waals surface area contributed by atoms with Gasteiger partial charge in [0.05, 0.1) is 25.5 Å². The zero-order valence-electron chi connectivity index (χ0n) is 14.2. The van der Waals surface area contributed by atoms with Gasteiger partial charge in [-0.3, -0.25) is 4.68 Å². The molecule has 0 aliphatic carbocycles. The lowest BCUT2D eigenvalue weighted by molar-refractivity contribution is -0.144. The second-order valence-electron chi connectivity index (χ2n) is 6.49. The molecule has 2 amide bonds. The minimum atomic E-state index is -4.67. The first-order valence-corrected chi connectivity index (χ1v) is 8.10. The number of halogens is 4. The normalized spacial score (nSPS) is 16.2. The summed E-state index contributed by atoms with van der Waals surface area (Å²) in [6.45, 7) is 0.466. The lowest BCUT2D eigenvalue weighted by Crippen LogP contribution is -2.68. The molecule has 0 aromatic carbocycles. The molecule has 0 atom stereocenters. The number of nitrogens with zero attached hydrogens (tertiary/aromatic N) is 6. The van der Waals surface area contributed by atoms with Crippen molar-refractivity contribution in [2.24, 2.45) is 5.73 Å². The Bertz CT molecular complexity index is 1040. The van der Waals surface area contributed by atoms with E-state index in [9.17, 15) is 22.4 Å². The van der Waals surface area contributed by atoms with Gasteiger partial charge in [-0.05, 0) is 12.1 Å². The summed E-state index contributed by atoms with van der Waals surface area (Å²) in [6.07, 6.45) is -2.46. The SMILES string of the molecule is NC(=O)N1CC(CNc2cccc3nc(C(F)(F)F)nn23)(n2cc(F)cn2)C1. The molecule has 3 N–H and O–H groups in total. The Morgan fingerprint density at radius 1 is 1.32 bits per heavy atom. The highest BCUT2D eigenvalue weighted by atomic mass is 19.4. The van der Waals surface area contributed by atoms with Gasteiger partial charge in [-0.15, -0.1) is 5.10 Å². The monoisotopic (exact) mass is 398 g/mol. The van der Waals surface area contributed by atoms with Crippen LogP contribution in [0.4, 0.5) is 28.2 Å². The van der Waals surface area contributed by atoms with E-state index < -0.39 is 29.4 Å². The van der Waals surface area contributed by atoms with Crippen molar-refractivity contribution in [2.45, 2.75) is 11.7 Å². The molecule has 0 unspecified atom stereocenters. The number of anilines is 1. The van der Waals surface area contributed by atoms with E-state index in [1.165, 1.54) is 34.0 Å². The number of alkyl halides is 3. The largest absolute Gasteiger partial charge is 0.453 e. The molecule has 1 saturated heterocycles. The maximum absolute atomic E-state index is 13.4. The van der Waals surface area contributed by atoms with E-state index in [1.54, 1.807) is 0 Å². The summed E-state index contributed by atoms with van der Waals surface area (Å²) in [5.41, 5.74) is 4.47. The molecule has 3 aromatic rings. The molecule has 1 aliphatic rings. The van der Waals surface area contributed by atoms with Crippen LogP contribution < -0.4 is 11.1 Å². The second kappa shape index (κ2) is 6.07. The molecule has 0 spiro atoms. The molecule has 0 saturated carbocycles. The first-order valence-electron chi connectivity index (χ1n) is 8.10. The summed E-state index contributed by atoms with van der Waals surface area (Å²) in [4.78, 5) is 16.2. The molecule has 28 heavy (non-hydrogen) atoms. The minimum Gasteiger partial charge on any atom is -0.367 e. The Morgan fingerprint density at radius 2 is 2.07 bits per heavy atom. The van der Waals surface area contributed by atoms with E-state index in [0.717, 1.165) is 10.7 Å². The lowest BCUT2D eigenvalue weighted by atomic mass is 9.90. The van der Waals surface area contributed by atoms with Crippen LogP contribution in [0.15, 0.2) is 30.6 Å². The van der Waals surface area contributed by atoms with Gasteiger partial charge >= 0.3 is 12.2 Å². The van der Waals surface area contributed by atoms with E-state index in [1.807, 2.05) is 0 Å². The molecular formula is C15H14F4N8O. The Kier molecular flexibility index (Phi) is 3.90. The molecule has 148 valence electrons. The maximum Gasteiger partial charge on any atom is 0.453 e. The Labute approximate surface area is 154 Å². The van der Waals surface area contributed by atoms with Crippen LogP contribution >= 0.6 is 0 Å². The number of pyridine rings is 1. The molecular weight excluding hydrogens is 384 g/mol. The summed E-state index contributed by atoms with van der Waals surface area (Å²) in [5.74, 6) is -1.55. The average molecular weight is 398 g/mol. The first kappa shape index (κ1) is 18.0. The number of urea groups is 1. The molecule has 0 bridgehead atoms. The van der Waals surface area contributed by atoms with Crippen LogP contribution in [-0.4, -0.2) is 54.9 Å². The highest BCUT2D eigenvalue weighted by Crippen LogP contribution is 2.30. The number of nitrogens with one attached hydrogen (secondary N) is 1. The van der Waals surface area contributed by atoms with E-state index >= 15 is 0 Å². The topological polar surface area (TPSA) is 106 Å².